The molecule has 1 aliphatic carbocycles. The number of fused-ring (bicyclic) bond motifs is 3. The molecule has 1 saturated heterocycles. The minimum absolute atomic E-state index is 0.0833. The molecule has 5 heteroatoms. The molecule has 1 aromatic rings. The molecule has 0 amide bonds. The van der Waals surface area contributed by atoms with E-state index in [1.54, 1.807) is 14.0 Å². The summed E-state index contributed by atoms with van der Waals surface area (Å²) >= 11 is 0. The Balaban J connectivity index is 2.06. The van der Waals surface area contributed by atoms with E-state index in [2.05, 4.69) is 11.4 Å². The Kier molecular flexibility index (Phi) is 3.06. The predicted molar refractivity (Wildman–Crippen MR) is 74.2 cm³/mol. The fourth-order valence-corrected chi connectivity index (χ4v) is 5.18. The number of rotatable bonds is 1. The molecule has 1 aliphatic heterocycles. The normalized spacial score (nSPS) is 32.2. The van der Waals surface area contributed by atoms with Crippen LogP contribution in [0.1, 0.15) is 30.5 Å². The maximum Gasteiger partial charge on any atom is 0.158 e. The molecule has 19 heavy (non-hydrogen) atoms. The van der Waals surface area contributed by atoms with E-state index in [1.807, 2.05) is 12.1 Å². The summed E-state index contributed by atoms with van der Waals surface area (Å²) in [5, 5.41) is 2.81. The van der Waals surface area contributed by atoms with Crippen molar-refractivity contribution in [2.45, 2.75) is 36.3 Å². The Morgan fingerprint density at radius 2 is 2.16 bits per heavy atom. The molecule has 0 aromatic heterocycles. The van der Waals surface area contributed by atoms with Crippen LogP contribution in [0, 0.1) is 0 Å². The molecular weight excluding hydrogens is 262 g/mol. The number of methoxy groups -OCH3 is 1. The zero-order valence-electron chi connectivity index (χ0n) is 11.2. The van der Waals surface area contributed by atoms with Crippen LogP contribution >= 0.6 is 0 Å². The molecule has 104 valence electrons. The first-order valence-electron chi connectivity index (χ1n) is 6.67. The maximum atomic E-state index is 12.4. The molecule has 4 nitrogen and oxygen atoms in total. The first-order chi connectivity index (χ1) is 9.04. The van der Waals surface area contributed by atoms with Gasteiger partial charge in [-0.25, -0.2) is 8.42 Å². The van der Waals surface area contributed by atoms with E-state index in [0.29, 0.717) is 13.0 Å². The van der Waals surface area contributed by atoms with Crippen molar-refractivity contribution in [1.82, 2.24) is 5.32 Å². The SMILES string of the molecule is COc1ccc2c(c1)C1NCC(C)S(=O)(=O)C1CC2. The molecule has 1 fully saturated rings. The van der Waals surface area contributed by atoms with Gasteiger partial charge in [0.05, 0.1) is 17.6 Å². The van der Waals surface area contributed by atoms with Crippen molar-refractivity contribution < 1.29 is 13.2 Å². The van der Waals surface area contributed by atoms with Gasteiger partial charge < -0.3 is 10.1 Å². The first kappa shape index (κ1) is 12.9. The van der Waals surface area contributed by atoms with E-state index >= 15 is 0 Å². The Bertz CT molecular complexity index is 597. The number of hydrogen-bond acceptors (Lipinski definition) is 4. The van der Waals surface area contributed by atoms with Gasteiger partial charge in [-0.1, -0.05) is 6.07 Å². The van der Waals surface area contributed by atoms with Gasteiger partial charge >= 0.3 is 0 Å². The fraction of sp³-hybridized carbons (Fsp3) is 0.571. The van der Waals surface area contributed by atoms with Gasteiger partial charge in [0.25, 0.3) is 0 Å². The fourth-order valence-electron chi connectivity index (χ4n) is 3.18. The van der Waals surface area contributed by atoms with Crippen molar-refractivity contribution in [3.05, 3.63) is 29.3 Å². The number of benzene rings is 1. The number of nitrogens with one attached hydrogen (secondary N) is 1. The van der Waals surface area contributed by atoms with Crippen LogP contribution in [-0.4, -0.2) is 32.6 Å². The highest BCUT2D eigenvalue weighted by atomic mass is 32.2. The van der Waals surface area contributed by atoms with Gasteiger partial charge in [0.1, 0.15) is 5.75 Å². The molecule has 3 unspecified atom stereocenters. The Morgan fingerprint density at radius 3 is 2.89 bits per heavy atom. The van der Waals surface area contributed by atoms with Crippen molar-refractivity contribution in [3.8, 4) is 5.75 Å². The molecule has 0 bridgehead atoms. The van der Waals surface area contributed by atoms with Crippen LogP contribution in [0.2, 0.25) is 0 Å². The Hall–Kier alpha value is -1.07. The van der Waals surface area contributed by atoms with Crippen molar-refractivity contribution in [3.63, 3.8) is 0 Å². The van der Waals surface area contributed by atoms with Crippen molar-refractivity contribution in [1.29, 1.82) is 0 Å². The minimum atomic E-state index is -3.03. The lowest BCUT2D eigenvalue weighted by atomic mass is 9.87. The lowest BCUT2D eigenvalue weighted by Crippen LogP contribution is -2.52. The van der Waals surface area contributed by atoms with E-state index < -0.39 is 9.84 Å². The highest BCUT2D eigenvalue weighted by Crippen LogP contribution is 2.39. The predicted octanol–water partition coefficient (Wildman–Crippen LogP) is 1.46. The van der Waals surface area contributed by atoms with Crippen LogP contribution in [0.4, 0.5) is 0 Å². The van der Waals surface area contributed by atoms with E-state index in [-0.39, 0.29) is 16.5 Å². The average Bonchev–Trinajstić information content (AvgIpc) is 2.42. The molecule has 0 saturated carbocycles. The second-order valence-corrected chi connectivity index (χ2v) is 8.02. The van der Waals surface area contributed by atoms with Gasteiger partial charge in [0.2, 0.25) is 0 Å². The summed E-state index contributed by atoms with van der Waals surface area (Å²) in [5.41, 5.74) is 2.32. The van der Waals surface area contributed by atoms with E-state index in [9.17, 15) is 8.42 Å². The number of ether oxygens (including phenoxy) is 1. The van der Waals surface area contributed by atoms with Crippen LogP contribution in [-0.2, 0) is 16.3 Å². The van der Waals surface area contributed by atoms with Crippen LogP contribution in [0.3, 0.4) is 0 Å². The third-order valence-electron chi connectivity index (χ3n) is 4.37. The van der Waals surface area contributed by atoms with Gasteiger partial charge in [-0.3, -0.25) is 0 Å². The van der Waals surface area contributed by atoms with Crippen LogP contribution in [0.5, 0.6) is 5.75 Å². The quantitative estimate of drug-likeness (QED) is 0.846. The summed E-state index contributed by atoms with van der Waals surface area (Å²) in [7, 11) is -1.39. The Morgan fingerprint density at radius 1 is 1.37 bits per heavy atom. The van der Waals surface area contributed by atoms with Crippen LogP contribution in [0.25, 0.3) is 0 Å². The third kappa shape index (κ3) is 1.96. The average molecular weight is 281 g/mol. The van der Waals surface area contributed by atoms with Gasteiger partial charge in [-0.15, -0.1) is 0 Å². The molecule has 2 aliphatic rings. The molecule has 1 N–H and O–H groups in total. The van der Waals surface area contributed by atoms with Crippen molar-refractivity contribution in [2.75, 3.05) is 13.7 Å². The monoisotopic (exact) mass is 281 g/mol. The lowest BCUT2D eigenvalue weighted by molar-refractivity contribution is 0.400. The summed E-state index contributed by atoms with van der Waals surface area (Å²) in [6.45, 7) is 2.32. The number of sulfone groups is 1. The van der Waals surface area contributed by atoms with Gasteiger partial charge in [-0.05, 0) is 43.0 Å². The molecule has 1 heterocycles. The summed E-state index contributed by atoms with van der Waals surface area (Å²) in [6.07, 6.45) is 1.54. The van der Waals surface area contributed by atoms with Crippen molar-refractivity contribution in [2.24, 2.45) is 0 Å². The van der Waals surface area contributed by atoms with E-state index in [4.69, 9.17) is 4.74 Å². The molecular formula is C14H19NO3S. The highest BCUT2D eigenvalue weighted by molar-refractivity contribution is 7.92. The van der Waals surface area contributed by atoms with Gasteiger partial charge in [0.15, 0.2) is 9.84 Å². The smallest absolute Gasteiger partial charge is 0.158 e. The van der Waals surface area contributed by atoms with Crippen molar-refractivity contribution >= 4 is 9.84 Å². The van der Waals surface area contributed by atoms with Crippen LogP contribution in [0.15, 0.2) is 18.2 Å². The lowest BCUT2D eigenvalue weighted by Gasteiger charge is -2.40. The summed E-state index contributed by atoms with van der Waals surface area (Å²) < 4.78 is 30.1. The molecule has 3 rings (SSSR count). The third-order valence-corrected chi connectivity index (χ3v) is 7.01. The molecule has 3 atom stereocenters. The maximum absolute atomic E-state index is 12.4. The zero-order chi connectivity index (χ0) is 13.6. The van der Waals surface area contributed by atoms with Gasteiger partial charge in [0, 0.05) is 12.6 Å². The molecule has 1 aromatic carbocycles. The minimum Gasteiger partial charge on any atom is -0.497 e. The number of aryl methyl sites for hydroxylation is 1. The summed E-state index contributed by atoms with van der Waals surface area (Å²) in [5.74, 6) is 0.789. The molecule has 0 spiro atoms. The van der Waals surface area contributed by atoms with Crippen LogP contribution < -0.4 is 10.1 Å². The zero-order valence-corrected chi connectivity index (χ0v) is 12.0. The summed E-state index contributed by atoms with van der Waals surface area (Å²) in [6, 6.07) is 5.89. The standard InChI is InChI=1S/C14H19NO3S/c1-9-8-15-14-12-7-11(18-2)5-3-10(12)4-6-13(14)19(9,16)17/h3,5,7,9,13-15H,4,6,8H2,1-2H3. The molecule has 0 radical (unpaired) electrons. The van der Waals surface area contributed by atoms with E-state index in [0.717, 1.165) is 17.7 Å². The second kappa shape index (κ2) is 4.49. The summed E-state index contributed by atoms with van der Waals surface area (Å²) in [4.78, 5) is 0. The van der Waals surface area contributed by atoms with E-state index in [1.165, 1.54) is 5.56 Å². The Labute approximate surface area is 114 Å². The highest BCUT2D eigenvalue weighted by Gasteiger charge is 2.44. The second-order valence-electron chi connectivity index (χ2n) is 5.43. The topological polar surface area (TPSA) is 55.4 Å². The largest absolute Gasteiger partial charge is 0.497 e. The number of hydrogen-bond donors (Lipinski definition) is 1. The first-order valence-corrected chi connectivity index (χ1v) is 8.28. The van der Waals surface area contributed by atoms with Gasteiger partial charge in [-0.2, -0.15) is 0 Å².